The number of hydrogen-bond acceptors (Lipinski definition) is 2. The van der Waals surface area contributed by atoms with Crippen LogP contribution in [0.1, 0.15) is 38.5 Å². The molecule has 0 aromatic rings. The van der Waals surface area contributed by atoms with E-state index in [0.29, 0.717) is 25.7 Å². The van der Waals surface area contributed by atoms with E-state index in [4.69, 9.17) is 5.11 Å². The van der Waals surface area contributed by atoms with Crippen LogP contribution in [0, 0.1) is 17.8 Å². The van der Waals surface area contributed by atoms with Crippen LogP contribution >= 0.6 is 0 Å². The molecular formula is C14H20F3NO3. The van der Waals surface area contributed by atoms with Gasteiger partial charge in [-0.15, -0.1) is 0 Å². The Balaban J connectivity index is 2.00. The van der Waals surface area contributed by atoms with Crippen LogP contribution in [-0.2, 0) is 9.59 Å². The van der Waals surface area contributed by atoms with E-state index < -0.39 is 35.8 Å². The third kappa shape index (κ3) is 3.68. The van der Waals surface area contributed by atoms with Gasteiger partial charge in [-0.3, -0.25) is 9.59 Å². The fourth-order valence-electron chi connectivity index (χ4n) is 3.40. The molecular weight excluding hydrogens is 287 g/mol. The molecule has 4 nitrogen and oxygen atoms in total. The van der Waals surface area contributed by atoms with Crippen molar-refractivity contribution in [2.24, 2.45) is 17.8 Å². The predicted molar refractivity (Wildman–Crippen MR) is 68.4 cm³/mol. The second-order valence-corrected chi connectivity index (χ2v) is 5.98. The van der Waals surface area contributed by atoms with E-state index in [9.17, 15) is 22.8 Å². The number of alkyl halides is 3. The fraction of sp³-hybridized carbons (Fsp3) is 0.857. The first-order valence-electron chi connectivity index (χ1n) is 7.39. The van der Waals surface area contributed by atoms with E-state index in [2.05, 4.69) is 0 Å². The summed E-state index contributed by atoms with van der Waals surface area (Å²) >= 11 is 0. The number of halogens is 3. The van der Waals surface area contributed by atoms with Gasteiger partial charge in [-0.25, -0.2) is 0 Å². The highest BCUT2D eigenvalue weighted by molar-refractivity contribution is 5.80. The van der Waals surface area contributed by atoms with Crippen molar-refractivity contribution in [2.45, 2.75) is 44.7 Å². The number of nitrogens with zero attached hydrogens (tertiary/aromatic N) is 1. The van der Waals surface area contributed by atoms with Gasteiger partial charge in [0.2, 0.25) is 5.91 Å². The molecule has 0 aromatic carbocycles. The first-order chi connectivity index (χ1) is 9.80. The van der Waals surface area contributed by atoms with Gasteiger partial charge in [-0.05, 0) is 25.7 Å². The van der Waals surface area contributed by atoms with E-state index in [1.165, 1.54) is 4.90 Å². The molecule has 1 heterocycles. The molecule has 2 aliphatic rings. The van der Waals surface area contributed by atoms with Gasteiger partial charge < -0.3 is 10.0 Å². The van der Waals surface area contributed by atoms with Gasteiger partial charge >= 0.3 is 12.1 Å². The summed E-state index contributed by atoms with van der Waals surface area (Å²) in [5, 5.41) is 8.91. The summed E-state index contributed by atoms with van der Waals surface area (Å²) in [5.74, 6) is -4.36. The Bertz CT molecular complexity index is 403. The van der Waals surface area contributed by atoms with Crippen LogP contribution in [0.25, 0.3) is 0 Å². The van der Waals surface area contributed by atoms with Gasteiger partial charge in [0, 0.05) is 19.0 Å². The number of aliphatic carboxylic acids is 1. The maximum absolute atomic E-state index is 13.0. The second-order valence-electron chi connectivity index (χ2n) is 5.98. The molecule has 2 rings (SSSR count). The van der Waals surface area contributed by atoms with Gasteiger partial charge in [0.1, 0.15) is 0 Å². The van der Waals surface area contributed by atoms with Crippen molar-refractivity contribution in [3.63, 3.8) is 0 Å². The highest BCUT2D eigenvalue weighted by atomic mass is 19.4. The molecule has 2 atom stereocenters. The second kappa shape index (κ2) is 6.23. The normalized spacial score (nSPS) is 28.4. The molecule has 21 heavy (non-hydrogen) atoms. The molecule has 120 valence electrons. The summed E-state index contributed by atoms with van der Waals surface area (Å²) in [4.78, 5) is 24.7. The summed E-state index contributed by atoms with van der Waals surface area (Å²) in [7, 11) is 0. The zero-order valence-electron chi connectivity index (χ0n) is 11.7. The van der Waals surface area contributed by atoms with E-state index in [1.54, 1.807) is 0 Å². The highest BCUT2D eigenvalue weighted by Crippen LogP contribution is 2.42. The zero-order chi connectivity index (χ0) is 15.6. The number of carbonyl (C=O) groups excluding carboxylic acids is 1. The van der Waals surface area contributed by atoms with Gasteiger partial charge in [-0.1, -0.05) is 12.8 Å². The summed E-state index contributed by atoms with van der Waals surface area (Å²) < 4.78 is 39.1. The minimum atomic E-state index is -4.33. The maximum Gasteiger partial charge on any atom is 0.392 e. The molecule has 0 radical (unpaired) electrons. The van der Waals surface area contributed by atoms with Crippen molar-refractivity contribution < 1.29 is 27.9 Å². The third-order valence-electron chi connectivity index (χ3n) is 4.66. The van der Waals surface area contributed by atoms with Crippen LogP contribution in [0.15, 0.2) is 0 Å². The Morgan fingerprint density at radius 2 is 1.57 bits per heavy atom. The topological polar surface area (TPSA) is 57.6 Å². The lowest BCUT2D eigenvalue weighted by Gasteiger charge is -2.38. The Labute approximate surface area is 121 Å². The number of carbonyl (C=O) groups is 2. The SMILES string of the molecule is O=C(O)C1CCN(C(=O)[C@@H]2CCCC[C@H]2C(F)(F)F)CC1. The van der Waals surface area contributed by atoms with Crippen molar-refractivity contribution in [3.8, 4) is 0 Å². The van der Waals surface area contributed by atoms with Gasteiger partial charge in [0.15, 0.2) is 0 Å². The van der Waals surface area contributed by atoms with Crippen molar-refractivity contribution in [3.05, 3.63) is 0 Å². The summed E-state index contributed by atoms with van der Waals surface area (Å²) in [6, 6.07) is 0. The van der Waals surface area contributed by atoms with Crippen LogP contribution < -0.4 is 0 Å². The minimum absolute atomic E-state index is 0.0193. The van der Waals surface area contributed by atoms with Crippen LogP contribution in [0.3, 0.4) is 0 Å². The minimum Gasteiger partial charge on any atom is -0.481 e. The van der Waals surface area contributed by atoms with Crippen LogP contribution in [0.5, 0.6) is 0 Å². The van der Waals surface area contributed by atoms with Crippen molar-refractivity contribution in [2.75, 3.05) is 13.1 Å². The molecule has 1 saturated heterocycles. The van der Waals surface area contributed by atoms with E-state index in [-0.39, 0.29) is 25.9 Å². The molecule has 1 amide bonds. The molecule has 7 heteroatoms. The average Bonchev–Trinajstić information content (AvgIpc) is 2.45. The highest BCUT2D eigenvalue weighted by Gasteiger charge is 2.49. The summed E-state index contributed by atoms with van der Waals surface area (Å²) in [5.41, 5.74) is 0. The molecule has 0 unspecified atom stereocenters. The Morgan fingerprint density at radius 3 is 2.10 bits per heavy atom. The van der Waals surface area contributed by atoms with Gasteiger partial charge in [-0.2, -0.15) is 13.2 Å². The first-order valence-corrected chi connectivity index (χ1v) is 7.39. The molecule has 1 saturated carbocycles. The summed E-state index contributed by atoms with van der Waals surface area (Å²) in [6.45, 7) is 0.494. The lowest BCUT2D eigenvalue weighted by atomic mass is 9.77. The molecule has 0 aromatic heterocycles. The van der Waals surface area contributed by atoms with Crippen LogP contribution in [0.2, 0.25) is 0 Å². The zero-order valence-corrected chi connectivity index (χ0v) is 11.7. The lowest BCUT2D eigenvalue weighted by molar-refractivity contribution is -0.201. The summed E-state index contributed by atoms with van der Waals surface area (Å²) in [6.07, 6.45) is -2.23. The van der Waals surface area contributed by atoms with E-state index in [1.807, 2.05) is 0 Å². The number of likely N-dealkylation sites (tertiary alicyclic amines) is 1. The average molecular weight is 307 g/mol. The molecule has 0 spiro atoms. The van der Waals surface area contributed by atoms with Gasteiger partial charge in [0.05, 0.1) is 11.8 Å². The Morgan fingerprint density at radius 1 is 1.00 bits per heavy atom. The molecule has 1 aliphatic carbocycles. The molecule has 0 bridgehead atoms. The first kappa shape index (κ1) is 16.1. The number of piperidine rings is 1. The smallest absolute Gasteiger partial charge is 0.392 e. The van der Waals surface area contributed by atoms with Crippen molar-refractivity contribution in [1.29, 1.82) is 0 Å². The van der Waals surface area contributed by atoms with Crippen molar-refractivity contribution in [1.82, 2.24) is 4.90 Å². The fourth-order valence-corrected chi connectivity index (χ4v) is 3.40. The Hall–Kier alpha value is -1.27. The number of carboxylic acid groups (broad SMARTS) is 1. The van der Waals surface area contributed by atoms with Crippen LogP contribution in [-0.4, -0.2) is 41.1 Å². The maximum atomic E-state index is 13.0. The quantitative estimate of drug-likeness (QED) is 0.853. The predicted octanol–water partition coefficient (Wildman–Crippen LogP) is 2.68. The monoisotopic (exact) mass is 307 g/mol. The van der Waals surface area contributed by atoms with E-state index in [0.717, 1.165) is 0 Å². The third-order valence-corrected chi connectivity index (χ3v) is 4.66. The number of hydrogen-bond donors (Lipinski definition) is 1. The lowest BCUT2D eigenvalue weighted by Crippen LogP contribution is -2.47. The Kier molecular flexibility index (Phi) is 4.78. The molecule has 1 N–H and O–H groups in total. The van der Waals surface area contributed by atoms with Crippen molar-refractivity contribution >= 4 is 11.9 Å². The van der Waals surface area contributed by atoms with Crippen LogP contribution in [0.4, 0.5) is 13.2 Å². The largest absolute Gasteiger partial charge is 0.481 e. The number of amides is 1. The number of carboxylic acids is 1. The molecule has 1 aliphatic heterocycles. The number of rotatable bonds is 2. The van der Waals surface area contributed by atoms with Gasteiger partial charge in [0.25, 0.3) is 0 Å². The molecule has 2 fully saturated rings. The van der Waals surface area contributed by atoms with E-state index >= 15 is 0 Å². The standard InChI is InChI=1S/C14H20F3NO3/c15-14(16,17)11-4-2-1-3-10(11)12(19)18-7-5-9(6-8-18)13(20)21/h9-11H,1-8H2,(H,20,21)/t10-,11-/m1/s1.